The zero-order valence-electron chi connectivity index (χ0n) is 22.8. The Morgan fingerprint density at radius 2 is 1.31 bits per heavy atom. The zero-order chi connectivity index (χ0) is 24.6. The number of nitrogens with zero attached hydrogens (tertiary/aromatic N) is 1. The van der Waals surface area contributed by atoms with E-state index in [1.165, 1.54) is 114 Å². The van der Waals surface area contributed by atoms with E-state index in [-0.39, 0.29) is 0 Å². The molecule has 1 aromatic carbocycles. The van der Waals surface area contributed by atoms with Gasteiger partial charge < -0.3 is 4.74 Å². The van der Waals surface area contributed by atoms with Gasteiger partial charge >= 0.3 is 0 Å². The third kappa shape index (κ3) is 10.8. The largest absolute Gasteiger partial charge is 0.494 e. The minimum atomic E-state index is 0.816. The van der Waals surface area contributed by atoms with Gasteiger partial charge in [0.2, 0.25) is 0 Å². The van der Waals surface area contributed by atoms with E-state index in [1.54, 1.807) is 0 Å². The maximum absolute atomic E-state index is 5.91. The molecule has 0 unspecified atom stereocenters. The van der Waals surface area contributed by atoms with Crippen LogP contribution in [0.3, 0.4) is 0 Å². The summed E-state index contributed by atoms with van der Waals surface area (Å²) in [5.74, 6) is 2.90. The summed E-state index contributed by atoms with van der Waals surface area (Å²) in [5, 5.41) is 0. The Morgan fingerprint density at radius 3 is 1.94 bits per heavy atom. The Labute approximate surface area is 216 Å². The van der Waals surface area contributed by atoms with Gasteiger partial charge in [0.05, 0.1) is 12.3 Å². The number of aryl methyl sites for hydroxylation is 1. The van der Waals surface area contributed by atoms with Crippen molar-refractivity contribution in [1.29, 1.82) is 0 Å². The highest BCUT2D eigenvalue weighted by atomic mass is 16.5. The van der Waals surface area contributed by atoms with Gasteiger partial charge in [0.1, 0.15) is 5.75 Å². The summed E-state index contributed by atoms with van der Waals surface area (Å²) in [7, 11) is 0. The van der Waals surface area contributed by atoms with Gasteiger partial charge in [-0.25, -0.2) is 0 Å². The molecule has 0 bridgehead atoms. The molecular formula is C33H51NO. The molecule has 0 aliphatic heterocycles. The number of pyridine rings is 1. The van der Waals surface area contributed by atoms with Gasteiger partial charge in [-0.05, 0) is 67.0 Å². The summed E-state index contributed by atoms with van der Waals surface area (Å²) in [4.78, 5) is 4.77. The van der Waals surface area contributed by atoms with Crippen LogP contribution >= 0.6 is 0 Å². The van der Waals surface area contributed by atoms with Crippen molar-refractivity contribution in [2.45, 2.75) is 123 Å². The van der Waals surface area contributed by atoms with Crippen LogP contribution in [0, 0.1) is 11.8 Å². The van der Waals surface area contributed by atoms with Gasteiger partial charge in [-0.1, -0.05) is 110 Å². The molecule has 0 amide bonds. The Balaban J connectivity index is 1.32. The molecule has 2 aromatic rings. The van der Waals surface area contributed by atoms with Crippen LogP contribution in [0.2, 0.25) is 0 Å². The van der Waals surface area contributed by atoms with Gasteiger partial charge in [-0.3, -0.25) is 4.98 Å². The summed E-state index contributed by atoms with van der Waals surface area (Å²) in [5.41, 5.74) is 3.61. The van der Waals surface area contributed by atoms with Crippen molar-refractivity contribution in [1.82, 2.24) is 4.98 Å². The van der Waals surface area contributed by atoms with Crippen molar-refractivity contribution in [2.75, 3.05) is 6.61 Å². The van der Waals surface area contributed by atoms with E-state index in [9.17, 15) is 0 Å². The van der Waals surface area contributed by atoms with Crippen LogP contribution in [0.4, 0.5) is 0 Å². The smallest absolute Gasteiger partial charge is 0.119 e. The van der Waals surface area contributed by atoms with Crippen LogP contribution in [0.5, 0.6) is 5.75 Å². The van der Waals surface area contributed by atoms with E-state index in [1.807, 2.05) is 0 Å². The second kappa shape index (κ2) is 16.8. The third-order valence-electron chi connectivity index (χ3n) is 8.01. The highest BCUT2D eigenvalue weighted by molar-refractivity contribution is 5.60. The predicted molar refractivity (Wildman–Crippen MR) is 151 cm³/mol. The minimum absolute atomic E-state index is 0.816. The first-order valence-electron chi connectivity index (χ1n) is 15.0. The van der Waals surface area contributed by atoms with E-state index in [0.29, 0.717) is 0 Å². The highest BCUT2D eigenvalue weighted by Crippen LogP contribution is 2.34. The van der Waals surface area contributed by atoms with Crippen molar-refractivity contribution >= 4 is 0 Å². The Kier molecular flexibility index (Phi) is 13.3. The molecule has 1 aliphatic carbocycles. The van der Waals surface area contributed by atoms with Gasteiger partial charge in [-0.15, -0.1) is 0 Å². The molecule has 0 atom stereocenters. The lowest BCUT2D eigenvalue weighted by molar-refractivity contribution is 0.248. The number of rotatable bonds is 17. The second-order valence-electron chi connectivity index (χ2n) is 11.0. The van der Waals surface area contributed by atoms with Gasteiger partial charge in [0.15, 0.2) is 0 Å². The molecule has 1 saturated carbocycles. The molecule has 1 fully saturated rings. The van der Waals surface area contributed by atoms with Crippen molar-refractivity contribution in [3.8, 4) is 17.0 Å². The maximum Gasteiger partial charge on any atom is 0.119 e. The fourth-order valence-electron chi connectivity index (χ4n) is 5.58. The third-order valence-corrected chi connectivity index (χ3v) is 8.01. The van der Waals surface area contributed by atoms with E-state index in [0.717, 1.165) is 36.3 Å². The van der Waals surface area contributed by atoms with Crippen LogP contribution in [0.15, 0.2) is 42.6 Å². The first-order valence-corrected chi connectivity index (χ1v) is 15.0. The number of ether oxygens (including phenoxy) is 1. The van der Waals surface area contributed by atoms with Crippen LogP contribution in [-0.4, -0.2) is 11.6 Å². The predicted octanol–water partition coefficient (Wildman–Crippen LogP) is 10.2. The summed E-state index contributed by atoms with van der Waals surface area (Å²) in [6.07, 6.45) is 25.4. The standard InChI is InChI=1S/C33H51NO/c1-3-5-7-9-11-13-28-14-16-29(17-15-28)18-19-30-20-25-33(34-27-30)31-21-23-32(24-22-31)35-26-12-10-8-6-4-2/h20-25,27-29H,3-19,26H2,1-2H3/t28-,29-. The SMILES string of the molecule is CCCCCCCOc1ccc(-c2ccc(CC[C@H]3CC[C@H](CCCCCCC)CC3)cn2)cc1. The van der Waals surface area contributed by atoms with E-state index in [2.05, 4.69) is 56.4 Å². The normalized spacial score (nSPS) is 18.0. The average Bonchev–Trinajstić information content (AvgIpc) is 2.91. The van der Waals surface area contributed by atoms with E-state index in [4.69, 9.17) is 9.72 Å². The zero-order valence-corrected chi connectivity index (χ0v) is 22.8. The molecule has 3 rings (SSSR count). The summed E-state index contributed by atoms with van der Waals surface area (Å²) in [6.45, 7) is 5.37. The van der Waals surface area contributed by atoms with Crippen molar-refractivity contribution in [3.05, 3.63) is 48.2 Å². The minimum Gasteiger partial charge on any atom is -0.494 e. The molecular weight excluding hydrogens is 426 g/mol. The van der Waals surface area contributed by atoms with Crippen LogP contribution < -0.4 is 4.74 Å². The van der Waals surface area contributed by atoms with Crippen molar-refractivity contribution in [2.24, 2.45) is 11.8 Å². The molecule has 2 nitrogen and oxygen atoms in total. The molecule has 0 radical (unpaired) electrons. The highest BCUT2D eigenvalue weighted by Gasteiger charge is 2.20. The quantitative estimate of drug-likeness (QED) is 0.211. The number of unbranched alkanes of at least 4 members (excludes halogenated alkanes) is 8. The van der Waals surface area contributed by atoms with Crippen molar-refractivity contribution in [3.63, 3.8) is 0 Å². The molecule has 0 saturated heterocycles. The second-order valence-corrected chi connectivity index (χ2v) is 11.0. The monoisotopic (exact) mass is 477 g/mol. The molecule has 1 heterocycles. The average molecular weight is 478 g/mol. The first kappa shape index (κ1) is 27.8. The van der Waals surface area contributed by atoms with E-state index >= 15 is 0 Å². The van der Waals surface area contributed by atoms with Gasteiger partial charge in [-0.2, -0.15) is 0 Å². The Bertz CT molecular complexity index is 774. The molecule has 0 N–H and O–H groups in total. The topological polar surface area (TPSA) is 22.1 Å². The molecule has 1 aromatic heterocycles. The summed E-state index contributed by atoms with van der Waals surface area (Å²) >= 11 is 0. The van der Waals surface area contributed by atoms with Crippen LogP contribution in [0.1, 0.15) is 122 Å². The molecule has 35 heavy (non-hydrogen) atoms. The van der Waals surface area contributed by atoms with Crippen molar-refractivity contribution < 1.29 is 4.74 Å². The van der Waals surface area contributed by atoms with E-state index < -0.39 is 0 Å². The first-order chi connectivity index (χ1) is 17.3. The number of hydrogen-bond donors (Lipinski definition) is 0. The van der Waals surface area contributed by atoms with Crippen LogP contribution in [-0.2, 0) is 6.42 Å². The summed E-state index contributed by atoms with van der Waals surface area (Å²) < 4.78 is 5.91. The fraction of sp³-hybridized carbons (Fsp3) is 0.667. The summed E-state index contributed by atoms with van der Waals surface area (Å²) in [6, 6.07) is 12.9. The lowest BCUT2D eigenvalue weighted by Gasteiger charge is -2.28. The number of aromatic nitrogens is 1. The Hall–Kier alpha value is -1.83. The fourth-order valence-corrected chi connectivity index (χ4v) is 5.58. The van der Waals surface area contributed by atoms with Gasteiger partial charge in [0, 0.05) is 11.8 Å². The number of hydrogen-bond acceptors (Lipinski definition) is 2. The maximum atomic E-state index is 5.91. The Morgan fingerprint density at radius 1 is 0.686 bits per heavy atom. The lowest BCUT2D eigenvalue weighted by Crippen LogP contribution is -2.15. The lowest BCUT2D eigenvalue weighted by atomic mass is 9.78. The van der Waals surface area contributed by atoms with Gasteiger partial charge in [0.25, 0.3) is 0 Å². The molecule has 194 valence electrons. The molecule has 1 aliphatic rings. The van der Waals surface area contributed by atoms with Crippen LogP contribution in [0.25, 0.3) is 11.3 Å². The number of benzene rings is 1. The molecule has 0 spiro atoms. The molecule has 2 heteroatoms.